The highest BCUT2D eigenvalue weighted by atomic mass is 35.5. The molecule has 0 spiro atoms. The van der Waals surface area contributed by atoms with Crippen LogP contribution in [0.25, 0.3) is 0 Å². The zero-order valence-electron chi connectivity index (χ0n) is 12.6. The molecular formula is C16H10Cl3NO5. The van der Waals surface area contributed by atoms with Crippen LogP contribution in [-0.2, 0) is 9.57 Å². The van der Waals surface area contributed by atoms with Gasteiger partial charge in [-0.25, -0.2) is 9.59 Å². The first kappa shape index (κ1) is 19.1. The third-order valence-electron chi connectivity index (χ3n) is 3.04. The molecule has 0 bridgehead atoms. The summed E-state index contributed by atoms with van der Waals surface area (Å²) in [5.41, 5.74) is 1.83. The highest BCUT2D eigenvalue weighted by Crippen LogP contribution is 2.28. The SMILES string of the molecule is COC(=O)c1ccc(Cl)c(C(=O)NOC(=O)c2ccc(Cl)cc2)c1Cl. The molecule has 0 radical (unpaired) electrons. The summed E-state index contributed by atoms with van der Waals surface area (Å²) >= 11 is 17.7. The van der Waals surface area contributed by atoms with E-state index < -0.39 is 17.8 Å². The third-order valence-corrected chi connectivity index (χ3v) is 4.00. The predicted molar refractivity (Wildman–Crippen MR) is 92.1 cm³/mol. The summed E-state index contributed by atoms with van der Waals surface area (Å²) in [6, 6.07) is 8.45. The zero-order valence-corrected chi connectivity index (χ0v) is 14.9. The van der Waals surface area contributed by atoms with Gasteiger partial charge < -0.3 is 9.57 Å². The lowest BCUT2D eigenvalue weighted by Crippen LogP contribution is -2.28. The molecule has 130 valence electrons. The van der Waals surface area contributed by atoms with E-state index in [0.717, 1.165) is 0 Å². The van der Waals surface area contributed by atoms with Gasteiger partial charge in [0.25, 0.3) is 5.91 Å². The minimum Gasteiger partial charge on any atom is -0.465 e. The van der Waals surface area contributed by atoms with Crippen LogP contribution in [0.15, 0.2) is 36.4 Å². The van der Waals surface area contributed by atoms with Crippen molar-refractivity contribution in [2.75, 3.05) is 7.11 Å². The summed E-state index contributed by atoms with van der Waals surface area (Å²) in [7, 11) is 1.17. The van der Waals surface area contributed by atoms with Gasteiger partial charge in [-0.3, -0.25) is 4.79 Å². The van der Waals surface area contributed by atoms with Crippen molar-refractivity contribution in [1.82, 2.24) is 5.48 Å². The normalized spacial score (nSPS) is 10.1. The first-order chi connectivity index (χ1) is 11.8. The maximum atomic E-state index is 12.2. The van der Waals surface area contributed by atoms with E-state index in [1.54, 1.807) is 0 Å². The van der Waals surface area contributed by atoms with Gasteiger partial charge in [-0.1, -0.05) is 34.8 Å². The standard InChI is InChI=1S/C16H10Cl3NO5/c1-24-16(23)10-6-7-11(18)12(13(10)19)14(21)20-25-15(22)8-2-4-9(17)5-3-8/h2-7H,1H3,(H,20,21). The molecule has 0 aliphatic carbocycles. The van der Waals surface area contributed by atoms with Crippen LogP contribution in [0.3, 0.4) is 0 Å². The average molecular weight is 403 g/mol. The monoisotopic (exact) mass is 401 g/mol. The topological polar surface area (TPSA) is 81.7 Å². The first-order valence-electron chi connectivity index (χ1n) is 6.68. The average Bonchev–Trinajstić information content (AvgIpc) is 2.59. The molecule has 2 aromatic rings. The highest BCUT2D eigenvalue weighted by molar-refractivity contribution is 6.41. The molecule has 1 N–H and O–H groups in total. The van der Waals surface area contributed by atoms with Gasteiger partial charge in [0, 0.05) is 5.02 Å². The molecule has 25 heavy (non-hydrogen) atoms. The van der Waals surface area contributed by atoms with Crippen molar-refractivity contribution in [2.45, 2.75) is 0 Å². The van der Waals surface area contributed by atoms with E-state index in [4.69, 9.17) is 39.6 Å². The van der Waals surface area contributed by atoms with Crippen LogP contribution in [0.2, 0.25) is 15.1 Å². The van der Waals surface area contributed by atoms with Gasteiger partial charge >= 0.3 is 11.9 Å². The molecule has 0 fully saturated rings. The number of carbonyl (C=O) groups is 3. The molecule has 0 atom stereocenters. The Morgan fingerprint density at radius 3 is 2.16 bits per heavy atom. The summed E-state index contributed by atoms with van der Waals surface area (Å²) in [4.78, 5) is 40.4. The summed E-state index contributed by atoms with van der Waals surface area (Å²) in [5, 5.41) is 0.191. The second-order valence-corrected chi connectivity index (χ2v) is 5.82. The highest BCUT2D eigenvalue weighted by Gasteiger charge is 2.22. The number of halogens is 3. The van der Waals surface area contributed by atoms with E-state index in [0.29, 0.717) is 5.02 Å². The molecular weight excluding hydrogens is 393 g/mol. The van der Waals surface area contributed by atoms with Crippen molar-refractivity contribution in [3.05, 3.63) is 68.2 Å². The molecule has 0 unspecified atom stereocenters. The fourth-order valence-electron chi connectivity index (χ4n) is 1.82. The van der Waals surface area contributed by atoms with Crippen LogP contribution in [0.1, 0.15) is 31.1 Å². The lowest BCUT2D eigenvalue weighted by atomic mass is 10.1. The molecule has 0 aliphatic heterocycles. The van der Waals surface area contributed by atoms with E-state index in [1.165, 1.54) is 43.5 Å². The van der Waals surface area contributed by atoms with Gasteiger partial charge in [-0.2, -0.15) is 5.48 Å². The molecule has 0 saturated heterocycles. The van der Waals surface area contributed by atoms with E-state index in [2.05, 4.69) is 4.74 Å². The summed E-state index contributed by atoms with van der Waals surface area (Å²) < 4.78 is 4.56. The van der Waals surface area contributed by atoms with Crippen LogP contribution in [0, 0.1) is 0 Å². The molecule has 0 saturated carbocycles. The number of hydroxylamine groups is 1. The lowest BCUT2D eigenvalue weighted by Gasteiger charge is -2.11. The third kappa shape index (κ3) is 4.42. The number of rotatable bonds is 3. The number of nitrogens with one attached hydrogen (secondary N) is 1. The van der Waals surface area contributed by atoms with E-state index in [9.17, 15) is 14.4 Å². The smallest absolute Gasteiger partial charge is 0.362 e. The van der Waals surface area contributed by atoms with Crippen molar-refractivity contribution in [1.29, 1.82) is 0 Å². The number of methoxy groups -OCH3 is 1. The van der Waals surface area contributed by atoms with Crippen molar-refractivity contribution in [2.24, 2.45) is 0 Å². The van der Waals surface area contributed by atoms with Crippen molar-refractivity contribution < 1.29 is 24.0 Å². The van der Waals surface area contributed by atoms with Crippen LogP contribution in [-0.4, -0.2) is 25.0 Å². The fourth-order valence-corrected chi connectivity index (χ4v) is 2.56. The summed E-state index contributed by atoms with van der Waals surface area (Å²) in [6.07, 6.45) is 0. The fraction of sp³-hybridized carbons (Fsp3) is 0.0625. The van der Waals surface area contributed by atoms with Crippen molar-refractivity contribution >= 4 is 52.6 Å². The summed E-state index contributed by atoms with van der Waals surface area (Å²) in [6.45, 7) is 0. The predicted octanol–water partition coefficient (Wildman–Crippen LogP) is 3.94. The number of amides is 1. The number of hydrogen-bond acceptors (Lipinski definition) is 5. The Morgan fingerprint density at radius 1 is 0.920 bits per heavy atom. The van der Waals surface area contributed by atoms with Gasteiger partial charge in [-0.15, -0.1) is 0 Å². The number of ether oxygens (including phenoxy) is 1. The molecule has 6 nitrogen and oxygen atoms in total. The van der Waals surface area contributed by atoms with Crippen LogP contribution in [0.4, 0.5) is 0 Å². The lowest BCUT2D eigenvalue weighted by molar-refractivity contribution is 0.0230. The van der Waals surface area contributed by atoms with Crippen LogP contribution < -0.4 is 5.48 Å². The van der Waals surface area contributed by atoms with E-state index >= 15 is 0 Å². The van der Waals surface area contributed by atoms with Gasteiger partial charge in [0.2, 0.25) is 0 Å². The molecule has 0 heterocycles. The van der Waals surface area contributed by atoms with Gasteiger partial charge in [0.15, 0.2) is 0 Å². The number of hydrogen-bond donors (Lipinski definition) is 1. The zero-order chi connectivity index (χ0) is 18.6. The van der Waals surface area contributed by atoms with Crippen molar-refractivity contribution in [3.63, 3.8) is 0 Å². The Morgan fingerprint density at radius 2 is 1.56 bits per heavy atom. The molecule has 2 rings (SSSR count). The Balaban J connectivity index is 2.17. The maximum Gasteiger partial charge on any atom is 0.362 e. The minimum absolute atomic E-state index is 0.0299. The minimum atomic E-state index is -0.900. The Kier molecular flexibility index (Phi) is 6.25. The Labute approximate surface area is 157 Å². The molecule has 1 amide bonds. The van der Waals surface area contributed by atoms with E-state index in [-0.39, 0.29) is 26.7 Å². The van der Waals surface area contributed by atoms with E-state index in [1.807, 2.05) is 5.48 Å². The second kappa shape index (κ2) is 8.20. The van der Waals surface area contributed by atoms with Crippen LogP contribution in [0.5, 0.6) is 0 Å². The summed E-state index contributed by atoms with van der Waals surface area (Å²) in [5.74, 6) is -2.46. The van der Waals surface area contributed by atoms with Gasteiger partial charge in [-0.05, 0) is 36.4 Å². The first-order valence-corrected chi connectivity index (χ1v) is 7.82. The Bertz CT molecular complexity index is 836. The van der Waals surface area contributed by atoms with Gasteiger partial charge in [0.05, 0.1) is 33.8 Å². The Hall–Kier alpha value is -2.28. The quantitative estimate of drug-likeness (QED) is 0.621. The maximum absolute atomic E-state index is 12.2. The van der Waals surface area contributed by atoms with Crippen molar-refractivity contribution in [3.8, 4) is 0 Å². The molecule has 0 aromatic heterocycles. The number of benzene rings is 2. The number of carbonyl (C=O) groups excluding carboxylic acids is 3. The second-order valence-electron chi connectivity index (χ2n) is 4.60. The van der Waals surface area contributed by atoms with Gasteiger partial charge in [0.1, 0.15) is 0 Å². The molecule has 9 heteroatoms. The molecule has 2 aromatic carbocycles. The largest absolute Gasteiger partial charge is 0.465 e. The number of esters is 1. The molecule has 0 aliphatic rings. The van der Waals surface area contributed by atoms with Crippen LogP contribution >= 0.6 is 34.8 Å².